The van der Waals surface area contributed by atoms with Gasteiger partial charge in [0.1, 0.15) is 0 Å². The highest BCUT2D eigenvalue weighted by atomic mass is 32.2. The second-order valence-electron chi connectivity index (χ2n) is 5.78. The molecule has 0 spiro atoms. The van der Waals surface area contributed by atoms with Crippen LogP contribution < -0.4 is 10.6 Å². The molecular formula is C19H19N3O2S3. The van der Waals surface area contributed by atoms with Crippen LogP contribution in [0.1, 0.15) is 18.7 Å². The smallest absolute Gasteiger partial charge is 0.239 e. The van der Waals surface area contributed by atoms with Gasteiger partial charge in [-0.2, -0.15) is 0 Å². The van der Waals surface area contributed by atoms with E-state index in [0.717, 1.165) is 20.3 Å². The molecule has 1 aromatic carbocycles. The summed E-state index contributed by atoms with van der Waals surface area (Å²) < 4.78 is 0. The molecule has 1 atom stereocenters. The number of nitrogens with one attached hydrogen (secondary N) is 2. The number of benzene rings is 1. The number of carbonyl (C=O) groups excluding carboxylic acids is 2. The Bertz CT molecular complexity index is 921. The Balaban J connectivity index is 1.59. The van der Waals surface area contributed by atoms with Crippen LogP contribution in [0.2, 0.25) is 0 Å². The lowest BCUT2D eigenvalue weighted by molar-refractivity contribution is -0.119. The Kier molecular flexibility index (Phi) is 6.65. The Morgan fingerprint density at radius 2 is 1.96 bits per heavy atom. The maximum absolute atomic E-state index is 12.4. The summed E-state index contributed by atoms with van der Waals surface area (Å²) in [5, 5.41) is 7.98. The molecule has 140 valence electrons. The number of amides is 2. The molecule has 2 N–H and O–H groups in total. The van der Waals surface area contributed by atoms with Crippen LogP contribution in [-0.2, 0) is 16.1 Å². The SMILES string of the molecule is CC(=O)NCc1ccc(-c2csc(NC(=O)C(C)Sc3ccccc3)n2)s1. The molecule has 8 heteroatoms. The van der Waals surface area contributed by atoms with Gasteiger partial charge >= 0.3 is 0 Å². The number of carbonyl (C=O) groups is 2. The van der Waals surface area contributed by atoms with Crippen LogP contribution in [0.25, 0.3) is 10.6 Å². The van der Waals surface area contributed by atoms with Crippen molar-refractivity contribution in [3.05, 3.63) is 52.7 Å². The fourth-order valence-electron chi connectivity index (χ4n) is 2.23. The first-order valence-electron chi connectivity index (χ1n) is 8.33. The van der Waals surface area contributed by atoms with Crippen molar-refractivity contribution in [3.63, 3.8) is 0 Å². The van der Waals surface area contributed by atoms with Crippen molar-refractivity contribution in [3.8, 4) is 10.6 Å². The third kappa shape index (κ3) is 5.66. The lowest BCUT2D eigenvalue weighted by atomic mass is 10.3. The minimum absolute atomic E-state index is 0.0499. The number of aromatic nitrogens is 1. The molecule has 5 nitrogen and oxygen atoms in total. The van der Waals surface area contributed by atoms with Crippen LogP contribution in [0.5, 0.6) is 0 Å². The summed E-state index contributed by atoms with van der Waals surface area (Å²) in [6.07, 6.45) is 0. The predicted octanol–water partition coefficient (Wildman–Crippen LogP) is 4.63. The number of anilines is 1. The van der Waals surface area contributed by atoms with Gasteiger partial charge in [-0.3, -0.25) is 9.59 Å². The standard InChI is InChI=1S/C19H19N3O2S3/c1-12(26-14-6-4-3-5-7-14)18(24)22-19-21-16(11-25-19)17-9-8-15(27-17)10-20-13(2)23/h3-9,11-12H,10H2,1-2H3,(H,20,23)(H,21,22,24). The van der Waals surface area contributed by atoms with Gasteiger partial charge in [0.2, 0.25) is 11.8 Å². The molecule has 0 aliphatic heterocycles. The number of hydrogen-bond acceptors (Lipinski definition) is 6. The van der Waals surface area contributed by atoms with Gasteiger partial charge in [0.15, 0.2) is 5.13 Å². The molecule has 2 heterocycles. The van der Waals surface area contributed by atoms with E-state index in [1.807, 2.05) is 54.8 Å². The zero-order valence-electron chi connectivity index (χ0n) is 14.9. The second-order valence-corrected chi connectivity index (χ2v) is 9.22. The highest BCUT2D eigenvalue weighted by molar-refractivity contribution is 8.00. The molecule has 2 amide bonds. The molecule has 3 rings (SSSR count). The fourth-order valence-corrected chi connectivity index (χ4v) is 4.81. The lowest BCUT2D eigenvalue weighted by Crippen LogP contribution is -2.22. The number of thiazole rings is 1. The quantitative estimate of drug-likeness (QED) is 0.550. The van der Waals surface area contributed by atoms with Gasteiger partial charge in [-0.15, -0.1) is 34.4 Å². The maximum atomic E-state index is 12.4. The van der Waals surface area contributed by atoms with E-state index in [2.05, 4.69) is 15.6 Å². The topological polar surface area (TPSA) is 71.1 Å². The molecule has 0 saturated carbocycles. The average molecular weight is 418 g/mol. The van der Waals surface area contributed by atoms with Gasteiger partial charge in [-0.1, -0.05) is 18.2 Å². The van der Waals surface area contributed by atoms with E-state index in [9.17, 15) is 9.59 Å². The van der Waals surface area contributed by atoms with Gasteiger partial charge in [0.05, 0.1) is 22.4 Å². The van der Waals surface area contributed by atoms with Gasteiger partial charge in [-0.25, -0.2) is 4.98 Å². The van der Waals surface area contributed by atoms with E-state index in [-0.39, 0.29) is 17.1 Å². The first kappa shape index (κ1) is 19.6. The van der Waals surface area contributed by atoms with E-state index in [1.54, 1.807) is 11.3 Å². The predicted molar refractivity (Wildman–Crippen MR) is 113 cm³/mol. The first-order valence-corrected chi connectivity index (χ1v) is 10.9. The fraction of sp³-hybridized carbons (Fsp3) is 0.211. The minimum atomic E-state index is -0.217. The van der Waals surface area contributed by atoms with Crippen molar-refractivity contribution in [2.75, 3.05) is 5.32 Å². The van der Waals surface area contributed by atoms with Crippen LogP contribution >= 0.6 is 34.4 Å². The van der Waals surface area contributed by atoms with Crippen molar-refractivity contribution in [2.24, 2.45) is 0 Å². The average Bonchev–Trinajstić information content (AvgIpc) is 3.30. The summed E-state index contributed by atoms with van der Waals surface area (Å²) in [4.78, 5) is 31.1. The van der Waals surface area contributed by atoms with E-state index >= 15 is 0 Å². The van der Waals surface area contributed by atoms with Crippen LogP contribution in [0, 0.1) is 0 Å². The van der Waals surface area contributed by atoms with Crippen molar-refractivity contribution in [1.82, 2.24) is 10.3 Å². The molecule has 0 fully saturated rings. The summed E-state index contributed by atoms with van der Waals surface area (Å²) in [6, 6.07) is 13.8. The van der Waals surface area contributed by atoms with E-state index in [0.29, 0.717) is 11.7 Å². The molecule has 3 aromatic rings. The highest BCUT2D eigenvalue weighted by Crippen LogP contribution is 2.31. The third-order valence-corrected chi connectivity index (χ3v) is 6.56. The van der Waals surface area contributed by atoms with Gasteiger partial charge in [-0.05, 0) is 31.2 Å². The van der Waals surface area contributed by atoms with Crippen LogP contribution in [-0.4, -0.2) is 22.0 Å². The summed E-state index contributed by atoms with van der Waals surface area (Å²) in [6.45, 7) is 3.90. The van der Waals surface area contributed by atoms with E-state index in [1.165, 1.54) is 30.0 Å². The molecular weight excluding hydrogens is 398 g/mol. The van der Waals surface area contributed by atoms with Crippen molar-refractivity contribution in [1.29, 1.82) is 0 Å². The van der Waals surface area contributed by atoms with E-state index < -0.39 is 0 Å². The normalized spacial score (nSPS) is 11.8. The third-order valence-electron chi connectivity index (χ3n) is 3.59. The van der Waals surface area contributed by atoms with Gasteiger partial charge in [0, 0.05) is 22.1 Å². The van der Waals surface area contributed by atoms with Crippen molar-refractivity contribution >= 4 is 51.4 Å². The Morgan fingerprint density at radius 1 is 1.19 bits per heavy atom. The van der Waals surface area contributed by atoms with Crippen molar-refractivity contribution < 1.29 is 9.59 Å². The zero-order chi connectivity index (χ0) is 19.2. The maximum Gasteiger partial charge on any atom is 0.239 e. The van der Waals surface area contributed by atoms with Gasteiger partial charge < -0.3 is 10.6 Å². The van der Waals surface area contributed by atoms with Crippen LogP contribution in [0.4, 0.5) is 5.13 Å². The second kappa shape index (κ2) is 9.16. The summed E-state index contributed by atoms with van der Waals surface area (Å²) >= 11 is 4.51. The molecule has 0 aliphatic rings. The highest BCUT2D eigenvalue weighted by Gasteiger charge is 2.16. The Morgan fingerprint density at radius 3 is 2.70 bits per heavy atom. The molecule has 1 unspecified atom stereocenters. The summed E-state index contributed by atoms with van der Waals surface area (Å²) in [7, 11) is 0. The molecule has 27 heavy (non-hydrogen) atoms. The molecule has 0 radical (unpaired) electrons. The number of thioether (sulfide) groups is 1. The number of nitrogens with zero attached hydrogens (tertiary/aromatic N) is 1. The van der Waals surface area contributed by atoms with E-state index in [4.69, 9.17) is 0 Å². The van der Waals surface area contributed by atoms with Crippen molar-refractivity contribution in [2.45, 2.75) is 30.5 Å². The van der Waals surface area contributed by atoms with Gasteiger partial charge in [0.25, 0.3) is 0 Å². The number of thiophene rings is 1. The zero-order valence-corrected chi connectivity index (χ0v) is 17.3. The monoisotopic (exact) mass is 417 g/mol. The minimum Gasteiger partial charge on any atom is -0.351 e. The molecule has 0 aliphatic carbocycles. The first-order chi connectivity index (χ1) is 13.0. The van der Waals surface area contributed by atoms with Crippen LogP contribution in [0.15, 0.2) is 52.7 Å². The molecule has 0 bridgehead atoms. The molecule has 0 saturated heterocycles. The molecule has 2 aromatic heterocycles. The van der Waals surface area contributed by atoms with Crippen LogP contribution in [0.3, 0.4) is 0 Å². The number of hydrogen-bond donors (Lipinski definition) is 2. The Labute approximate surface area is 170 Å². The largest absolute Gasteiger partial charge is 0.351 e. The lowest BCUT2D eigenvalue weighted by Gasteiger charge is -2.10. The Hall–Kier alpha value is -2.16. The summed E-state index contributed by atoms with van der Waals surface area (Å²) in [5.74, 6) is -0.117. The number of rotatable bonds is 7. The summed E-state index contributed by atoms with van der Waals surface area (Å²) in [5.41, 5.74) is 0.831.